The van der Waals surface area contributed by atoms with Crippen molar-refractivity contribution < 1.29 is 33.0 Å². The fraction of sp³-hybridized carbons (Fsp3) is 0.364. The molecule has 0 spiro atoms. The molecule has 7 N–H and O–H groups in total. The second kappa shape index (κ2) is 15.7. The molecule has 38 heavy (non-hydrogen) atoms. The Kier molecular flexibility index (Phi) is 13.0. The van der Waals surface area contributed by atoms with Crippen LogP contribution in [0.15, 0.2) is 32.1 Å². The van der Waals surface area contributed by atoms with Gasteiger partial charge in [-0.05, 0) is 19.3 Å². The number of anilines is 3. The number of aliphatic imine (C=N–C) groups is 1. The normalized spacial score (nSPS) is 11.5. The van der Waals surface area contributed by atoms with Crippen molar-refractivity contribution in [2.24, 2.45) is 10.7 Å². The molecule has 0 aliphatic rings. The van der Waals surface area contributed by atoms with Crippen molar-refractivity contribution >= 4 is 45.7 Å². The standard InChI is InChI=1S/C18H21F3N6O2S.C4H4O4/c1-2-7-23-12-13(15(29)14(12)28)24-8-5-3-4-6-11-9-30-17(26-11)27-16(22)25-10-18(19,20)21;5-3(6)1-2-4(7)8/h1,9,23-24H,3-8,10H2,(H3,22,25,26,27);1-2H,(H,5,6)(H,7,8). The summed E-state index contributed by atoms with van der Waals surface area (Å²) in [6.45, 7) is -0.647. The van der Waals surface area contributed by atoms with Gasteiger partial charge in [-0.2, -0.15) is 13.2 Å². The number of aryl methyl sites for hydroxylation is 1. The number of carboxylic acids is 2. The third-order valence-corrected chi connectivity index (χ3v) is 5.08. The monoisotopic (exact) mass is 558 g/mol. The van der Waals surface area contributed by atoms with Crippen LogP contribution in [-0.2, 0) is 16.0 Å². The first-order valence-electron chi connectivity index (χ1n) is 10.8. The summed E-state index contributed by atoms with van der Waals surface area (Å²) < 4.78 is 36.3. The van der Waals surface area contributed by atoms with E-state index in [4.69, 9.17) is 22.4 Å². The highest BCUT2D eigenvalue weighted by atomic mass is 32.1. The minimum absolute atomic E-state index is 0.170. The molecule has 0 bridgehead atoms. The molecule has 0 fully saturated rings. The molecule has 0 saturated heterocycles. The number of unbranched alkanes of at least 4 members (excludes halogenated alkanes) is 2. The first kappa shape index (κ1) is 31.6. The molecule has 0 radical (unpaired) electrons. The maximum atomic E-state index is 12.1. The molecule has 16 heteroatoms. The van der Waals surface area contributed by atoms with Crippen LogP contribution in [0.25, 0.3) is 0 Å². The van der Waals surface area contributed by atoms with E-state index in [1.54, 1.807) is 5.38 Å². The number of rotatable bonds is 13. The first-order valence-corrected chi connectivity index (χ1v) is 11.7. The Hall–Kier alpha value is -4.39. The van der Waals surface area contributed by atoms with Crippen LogP contribution in [0, 0.1) is 12.3 Å². The lowest BCUT2D eigenvalue weighted by Crippen LogP contribution is -2.37. The molecule has 1 aromatic heterocycles. The summed E-state index contributed by atoms with van der Waals surface area (Å²) in [5.74, 6) is -0.511. The Morgan fingerprint density at radius 1 is 1.11 bits per heavy atom. The molecular weight excluding hydrogens is 533 g/mol. The van der Waals surface area contributed by atoms with Crippen LogP contribution in [0.1, 0.15) is 25.0 Å². The van der Waals surface area contributed by atoms with Crippen molar-refractivity contribution in [1.29, 1.82) is 0 Å². The molecule has 1 heterocycles. The molecule has 12 nitrogen and oxygen atoms in total. The van der Waals surface area contributed by atoms with Crippen molar-refractivity contribution in [2.45, 2.75) is 31.9 Å². The highest BCUT2D eigenvalue weighted by Crippen LogP contribution is 2.18. The smallest absolute Gasteiger partial charge is 0.408 e. The molecular formula is C22H25F3N6O6S. The molecule has 0 aliphatic heterocycles. The summed E-state index contributed by atoms with van der Waals surface area (Å²) >= 11 is 1.23. The molecule has 2 rings (SSSR count). The van der Waals surface area contributed by atoms with E-state index >= 15 is 0 Å². The van der Waals surface area contributed by atoms with Gasteiger partial charge in [-0.15, -0.1) is 17.8 Å². The summed E-state index contributed by atoms with van der Waals surface area (Å²) in [5.41, 5.74) is 5.60. The van der Waals surface area contributed by atoms with Gasteiger partial charge in [-0.25, -0.2) is 19.6 Å². The molecule has 1 aromatic carbocycles. The lowest BCUT2D eigenvalue weighted by atomic mass is 10.1. The third-order valence-electron chi connectivity index (χ3n) is 4.27. The summed E-state index contributed by atoms with van der Waals surface area (Å²) in [7, 11) is 0. The predicted octanol–water partition coefficient (Wildman–Crippen LogP) is 1.61. The number of alkyl halides is 3. The zero-order valence-corrected chi connectivity index (χ0v) is 20.6. The number of nitrogens with two attached hydrogens (primary N) is 1. The highest BCUT2D eigenvalue weighted by molar-refractivity contribution is 7.13. The van der Waals surface area contributed by atoms with Crippen LogP contribution in [0.2, 0.25) is 0 Å². The van der Waals surface area contributed by atoms with Crippen LogP contribution in [0.4, 0.5) is 29.7 Å². The van der Waals surface area contributed by atoms with Gasteiger partial charge in [0, 0.05) is 24.1 Å². The van der Waals surface area contributed by atoms with E-state index in [0.717, 1.165) is 25.0 Å². The first-order chi connectivity index (χ1) is 17.8. The molecule has 206 valence electrons. The summed E-state index contributed by atoms with van der Waals surface area (Å²) in [6, 6.07) is 0. The van der Waals surface area contributed by atoms with Crippen LogP contribution >= 0.6 is 11.3 Å². The van der Waals surface area contributed by atoms with Gasteiger partial charge in [-0.1, -0.05) is 12.3 Å². The van der Waals surface area contributed by atoms with E-state index < -0.39 is 35.5 Å². The van der Waals surface area contributed by atoms with E-state index in [1.165, 1.54) is 11.3 Å². The van der Waals surface area contributed by atoms with Crippen LogP contribution < -0.4 is 32.5 Å². The summed E-state index contributed by atoms with van der Waals surface area (Å²) in [5, 5.41) is 26.0. The van der Waals surface area contributed by atoms with Gasteiger partial charge in [-0.3, -0.25) is 9.59 Å². The van der Waals surface area contributed by atoms with Crippen LogP contribution in [0.5, 0.6) is 0 Å². The second-order valence-electron chi connectivity index (χ2n) is 7.30. The molecule has 0 unspecified atom stereocenters. The second-order valence-corrected chi connectivity index (χ2v) is 8.16. The number of hydrogen-bond acceptors (Lipinski definition) is 9. The maximum absolute atomic E-state index is 12.1. The van der Waals surface area contributed by atoms with Gasteiger partial charge in [0.15, 0.2) is 11.1 Å². The molecule has 0 amide bonds. The third kappa shape index (κ3) is 12.5. The Labute approximate surface area is 218 Å². The number of carbonyl (C=O) groups is 2. The number of terminal acetylenes is 1. The zero-order valence-electron chi connectivity index (χ0n) is 19.8. The van der Waals surface area contributed by atoms with Crippen molar-refractivity contribution in [3.8, 4) is 12.3 Å². The minimum Gasteiger partial charge on any atom is -0.478 e. The van der Waals surface area contributed by atoms with Crippen molar-refractivity contribution in [2.75, 3.05) is 35.6 Å². The Balaban J connectivity index is 0.000000781. The number of halogens is 3. The van der Waals surface area contributed by atoms with Crippen molar-refractivity contribution in [1.82, 2.24) is 4.98 Å². The van der Waals surface area contributed by atoms with E-state index in [9.17, 15) is 32.3 Å². The van der Waals surface area contributed by atoms with E-state index in [1.807, 2.05) is 0 Å². The average Bonchev–Trinajstić information content (AvgIpc) is 3.28. The quantitative estimate of drug-likeness (QED) is 0.0522. The highest BCUT2D eigenvalue weighted by Gasteiger charge is 2.26. The molecule has 0 aliphatic carbocycles. The Morgan fingerprint density at radius 3 is 2.26 bits per heavy atom. The molecule has 0 atom stereocenters. The summed E-state index contributed by atoms with van der Waals surface area (Å²) in [6.07, 6.45) is 4.98. The summed E-state index contributed by atoms with van der Waals surface area (Å²) in [4.78, 5) is 49.6. The van der Waals surface area contributed by atoms with Gasteiger partial charge in [0.25, 0.3) is 10.9 Å². The number of hydrogen-bond donors (Lipinski definition) is 6. The van der Waals surface area contributed by atoms with E-state index in [-0.39, 0.29) is 23.9 Å². The van der Waals surface area contributed by atoms with Crippen LogP contribution in [-0.4, -0.2) is 58.9 Å². The van der Waals surface area contributed by atoms with Crippen molar-refractivity contribution in [3.05, 3.63) is 43.7 Å². The van der Waals surface area contributed by atoms with Gasteiger partial charge < -0.3 is 31.9 Å². The predicted molar refractivity (Wildman–Crippen MR) is 137 cm³/mol. The maximum Gasteiger partial charge on any atom is 0.408 e. The molecule has 0 saturated carbocycles. The van der Waals surface area contributed by atoms with Gasteiger partial charge >= 0.3 is 18.1 Å². The van der Waals surface area contributed by atoms with Gasteiger partial charge in [0.1, 0.15) is 17.9 Å². The SMILES string of the molecule is C#CCNc1c(NCCCCCc2csc(NC(N)=NCC(F)(F)F)n2)c(=O)c1=O.O=C(O)C=CC(=O)O. The number of aromatic nitrogens is 1. The van der Waals surface area contributed by atoms with Crippen molar-refractivity contribution in [3.63, 3.8) is 0 Å². The fourth-order valence-corrected chi connectivity index (χ4v) is 3.39. The Bertz CT molecular complexity index is 1240. The molecule has 2 aromatic rings. The van der Waals surface area contributed by atoms with Gasteiger partial charge in [0.2, 0.25) is 0 Å². The number of nitrogens with one attached hydrogen (secondary N) is 3. The number of aliphatic carboxylic acids is 2. The number of guanidine groups is 1. The number of carboxylic acid groups (broad SMARTS) is 2. The zero-order chi connectivity index (χ0) is 28.7. The Morgan fingerprint density at radius 2 is 1.71 bits per heavy atom. The van der Waals surface area contributed by atoms with Gasteiger partial charge in [0.05, 0.1) is 12.2 Å². The van der Waals surface area contributed by atoms with E-state index in [0.29, 0.717) is 30.2 Å². The topological polar surface area (TPSA) is 196 Å². The largest absolute Gasteiger partial charge is 0.478 e. The van der Waals surface area contributed by atoms with E-state index in [2.05, 4.69) is 31.8 Å². The lowest BCUT2D eigenvalue weighted by molar-refractivity contribution is -0.134. The minimum atomic E-state index is -4.41. The fourth-order valence-electron chi connectivity index (χ4n) is 2.64. The lowest BCUT2D eigenvalue weighted by Gasteiger charge is -2.13. The number of thiazole rings is 1. The van der Waals surface area contributed by atoms with Crippen LogP contribution in [0.3, 0.4) is 0 Å². The number of nitrogens with zero attached hydrogens (tertiary/aromatic N) is 2. The average molecular weight is 559 g/mol.